The predicted molar refractivity (Wildman–Crippen MR) is 112 cm³/mol. The lowest BCUT2D eigenvalue weighted by Gasteiger charge is -2.18. The van der Waals surface area contributed by atoms with Crippen LogP contribution in [0, 0.1) is 0 Å². The first-order valence-corrected chi connectivity index (χ1v) is 10.0. The average Bonchev–Trinajstić information content (AvgIpc) is 3.34. The van der Waals surface area contributed by atoms with Crippen molar-refractivity contribution in [2.45, 2.75) is 26.4 Å². The molecule has 0 saturated heterocycles. The van der Waals surface area contributed by atoms with Crippen molar-refractivity contribution in [1.82, 2.24) is 19.7 Å². The van der Waals surface area contributed by atoms with Crippen LogP contribution in [0.25, 0.3) is 10.2 Å². The van der Waals surface area contributed by atoms with E-state index in [4.69, 9.17) is 11.6 Å². The second-order valence-corrected chi connectivity index (χ2v) is 8.03. The number of carbonyl (C=O) groups is 1. The van der Waals surface area contributed by atoms with Gasteiger partial charge in [0.25, 0.3) is 5.91 Å². The Hall–Kier alpha value is -2.77. The number of benzene rings is 1. The smallest absolute Gasteiger partial charge is 0.278 e. The maximum absolute atomic E-state index is 13.3. The molecule has 4 aromatic rings. The molecule has 1 amide bonds. The number of hydrogen-bond acceptors (Lipinski definition) is 5. The summed E-state index contributed by atoms with van der Waals surface area (Å²) in [4.78, 5) is 23.7. The number of fused-ring (bicyclic) bond motifs is 1. The number of thiazole rings is 1. The summed E-state index contributed by atoms with van der Waals surface area (Å²) < 4.78 is 2.70. The third-order valence-electron chi connectivity index (χ3n) is 4.25. The monoisotopic (exact) mass is 411 g/mol. The van der Waals surface area contributed by atoms with Crippen molar-refractivity contribution in [2.75, 3.05) is 4.90 Å². The van der Waals surface area contributed by atoms with Gasteiger partial charge in [0.1, 0.15) is 5.52 Å². The van der Waals surface area contributed by atoms with Gasteiger partial charge in [-0.25, -0.2) is 4.98 Å². The molecule has 0 spiro atoms. The summed E-state index contributed by atoms with van der Waals surface area (Å²) in [7, 11) is 0. The number of amides is 1. The second kappa shape index (κ2) is 7.69. The number of rotatable bonds is 5. The molecule has 6 nitrogen and oxygen atoms in total. The highest BCUT2D eigenvalue weighted by Crippen LogP contribution is 2.34. The second-order valence-electron chi connectivity index (χ2n) is 6.61. The van der Waals surface area contributed by atoms with Crippen molar-refractivity contribution in [2.24, 2.45) is 0 Å². The van der Waals surface area contributed by atoms with Gasteiger partial charge in [-0.15, -0.1) is 0 Å². The molecule has 0 aliphatic rings. The van der Waals surface area contributed by atoms with E-state index in [0.29, 0.717) is 27.9 Å². The lowest BCUT2D eigenvalue weighted by atomic mass is 10.2. The summed E-state index contributed by atoms with van der Waals surface area (Å²) in [6.45, 7) is 4.38. The Morgan fingerprint density at radius 2 is 2.11 bits per heavy atom. The van der Waals surface area contributed by atoms with Crippen LogP contribution in [0.2, 0.25) is 5.02 Å². The van der Waals surface area contributed by atoms with Crippen LogP contribution in [0.15, 0.2) is 55.0 Å². The molecule has 142 valence electrons. The fourth-order valence-electron chi connectivity index (χ4n) is 2.80. The Labute approximate surface area is 171 Å². The van der Waals surface area contributed by atoms with Crippen molar-refractivity contribution in [3.05, 3.63) is 71.3 Å². The molecule has 28 heavy (non-hydrogen) atoms. The summed E-state index contributed by atoms with van der Waals surface area (Å²) in [6.07, 6.45) is 5.26. The zero-order chi connectivity index (χ0) is 19.7. The largest absolute Gasteiger partial charge is 0.280 e. The Morgan fingerprint density at radius 1 is 1.25 bits per heavy atom. The maximum atomic E-state index is 13.3. The zero-order valence-electron chi connectivity index (χ0n) is 15.4. The van der Waals surface area contributed by atoms with Crippen molar-refractivity contribution in [3.63, 3.8) is 0 Å². The molecule has 1 aromatic carbocycles. The van der Waals surface area contributed by atoms with E-state index in [0.717, 1.165) is 10.3 Å². The zero-order valence-corrected chi connectivity index (χ0v) is 17.0. The third-order valence-corrected chi connectivity index (χ3v) is 5.60. The van der Waals surface area contributed by atoms with E-state index in [9.17, 15) is 4.79 Å². The summed E-state index contributed by atoms with van der Waals surface area (Å²) in [5.41, 5.74) is 1.98. The fourth-order valence-corrected chi connectivity index (χ4v) is 4.06. The topological polar surface area (TPSA) is 63.9 Å². The highest BCUT2D eigenvalue weighted by atomic mass is 35.5. The molecule has 3 heterocycles. The van der Waals surface area contributed by atoms with E-state index < -0.39 is 0 Å². The number of halogens is 1. The number of anilines is 1. The van der Waals surface area contributed by atoms with Crippen molar-refractivity contribution in [1.29, 1.82) is 0 Å². The number of hydrogen-bond donors (Lipinski definition) is 0. The molecule has 0 aliphatic heterocycles. The van der Waals surface area contributed by atoms with Crippen LogP contribution < -0.4 is 4.90 Å². The first-order valence-electron chi connectivity index (χ1n) is 8.84. The molecule has 0 aliphatic carbocycles. The number of aromatic nitrogens is 4. The number of pyridine rings is 1. The summed E-state index contributed by atoms with van der Waals surface area (Å²) >= 11 is 7.71. The standard InChI is InChI=1S/C20H18ClN5OS/c1-13(2)26-10-8-16(24-26)19(27)25(12-14-5-4-9-22-11-14)20-23-18-15(21)6-3-7-17(18)28-20/h3-11,13H,12H2,1-2H3. The van der Waals surface area contributed by atoms with E-state index in [-0.39, 0.29) is 11.9 Å². The Bertz CT molecular complexity index is 1120. The van der Waals surface area contributed by atoms with Gasteiger partial charge >= 0.3 is 0 Å². The van der Waals surface area contributed by atoms with Crippen LogP contribution in [0.1, 0.15) is 35.9 Å². The molecule has 4 rings (SSSR count). The summed E-state index contributed by atoms with van der Waals surface area (Å²) in [5.74, 6) is -0.210. The first kappa shape index (κ1) is 18.6. The van der Waals surface area contributed by atoms with Crippen LogP contribution >= 0.6 is 22.9 Å². The van der Waals surface area contributed by atoms with Gasteiger partial charge in [0.05, 0.1) is 16.3 Å². The van der Waals surface area contributed by atoms with Crippen molar-refractivity contribution < 1.29 is 4.79 Å². The normalized spacial score (nSPS) is 11.3. The van der Waals surface area contributed by atoms with E-state index in [1.807, 2.05) is 44.3 Å². The van der Waals surface area contributed by atoms with Crippen LogP contribution in [-0.2, 0) is 6.54 Å². The van der Waals surface area contributed by atoms with E-state index >= 15 is 0 Å². The minimum absolute atomic E-state index is 0.176. The molecule has 3 aromatic heterocycles. The van der Waals surface area contributed by atoms with E-state index in [1.54, 1.807) is 34.1 Å². The summed E-state index contributed by atoms with van der Waals surface area (Å²) in [5, 5.41) is 5.58. The third kappa shape index (κ3) is 3.63. The van der Waals surface area contributed by atoms with Gasteiger partial charge in [0.2, 0.25) is 0 Å². The van der Waals surface area contributed by atoms with Gasteiger partial charge in [-0.2, -0.15) is 5.10 Å². The predicted octanol–water partition coefficient (Wildman–Crippen LogP) is 4.97. The van der Waals surface area contributed by atoms with Crippen LogP contribution in [0.3, 0.4) is 0 Å². The average molecular weight is 412 g/mol. The Kier molecular flexibility index (Phi) is 5.11. The van der Waals surface area contributed by atoms with Gasteiger partial charge in [-0.05, 0) is 43.7 Å². The van der Waals surface area contributed by atoms with Gasteiger partial charge in [0, 0.05) is 24.6 Å². The van der Waals surface area contributed by atoms with Crippen molar-refractivity contribution in [3.8, 4) is 0 Å². The molecule has 0 bridgehead atoms. The summed E-state index contributed by atoms with van der Waals surface area (Å²) in [6, 6.07) is 11.3. The quantitative estimate of drug-likeness (QED) is 0.465. The van der Waals surface area contributed by atoms with E-state index in [1.165, 1.54) is 11.3 Å². The van der Waals surface area contributed by atoms with Gasteiger partial charge in [-0.3, -0.25) is 19.4 Å². The Morgan fingerprint density at radius 3 is 2.79 bits per heavy atom. The molecular weight excluding hydrogens is 394 g/mol. The minimum Gasteiger partial charge on any atom is -0.278 e. The van der Waals surface area contributed by atoms with Crippen molar-refractivity contribution >= 4 is 44.2 Å². The lowest BCUT2D eigenvalue weighted by molar-refractivity contribution is 0.0979. The number of nitrogens with zero attached hydrogens (tertiary/aromatic N) is 5. The fraction of sp³-hybridized carbons (Fsp3) is 0.200. The molecule has 0 atom stereocenters. The Balaban J connectivity index is 1.76. The molecule has 0 N–H and O–H groups in total. The molecule has 0 saturated carbocycles. The molecule has 0 unspecified atom stereocenters. The van der Waals surface area contributed by atoms with Crippen LogP contribution in [-0.4, -0.2) is 25.7 Å². The number of para-hydroxylation sites is 1. The molecule has 8 heteroatoms. The number of carbonyl (C=O) groups excluding carboxylic acids is 1. The van der Waals surface area contributed by atoms with E-state index in [2.05, 4.69) is 15.1 Å². The van der Waals surface area contributed by atoms with Gasteiger partial charge in [-0.1, -0.05) is 35.1 Å². The highest BCUT2D eigenvalue weighted by molar-refractivity contribution is 7.22. The molecule has 0 radical (unpaired) electrons. The SMILES string of the molecule is CC(C)n1ccc(C(=O)N(Cc2cccnc2)c2nc3c(Cl)cccc3s2)n1. The maximum Gasteiger partial charge on any atom is 0.280 e. The first-order chi connectivity index (χ1) is 13.5. The van der Waals surface area contributed by atoms with Crippen LogP contribution in [0.4, 0.5) is 5.13 Å². The van der Waals surface area contributed by atoms with Gasteiger partial charge < -0.3 is 0 Å². The molecular formula is C20H18ClN5OS. The lowest BCUT2D eigenvalue weighted by Crippen LogP contribution is -2.31. The minimum atomic E-state index is -0.210. The van der Waals surface area contributed by atoms with Gasteiger partial charge in [0.15, 0.2) is 10.8 Å². The molecule has 0 fully saturated rings. The highest BCUT2D eigenvalue weighted by Gasteiger charge is 2.24. The van der Waals surface area contributed by atoms with Crippen LogP contribution in [0.5, 0.6) is 0 Å².